The maximum absolute atomic E-state index is 14.2. The van der Waals surface area contributed by atoms with Gasteiger partial charge in [-0.3, -0.25) is 4.79 Å². The van der Waals surface area contributed by atoms with Gasteiger partial charge < -0.3 is 4.90 Å². The Kier molecular flexibility index (Phi) is 4.76. The number of hydrogen-bond acceptors (Lipinski definition) is 4. The van der Waals surface area contributed by atoms with Crippen LogP contribution in [0.5, 0.6) is 0 Å². The zero-order valence-corrected chi connectivity index (χ0v) is 18.9. The number of carbonyl (C=O) groups excluding carboxylic acids is 1. The highest BCUT2D eigenvalue weighted by atomic mass is 16.1. The minimum atomic E-state index is -1.43. The number of carbonyl (C=O) groups is 1. The average Bonchev–Trinajstić information content (AvgIpc) is 3.24. The van der Waals surface area contributed by atoms with Crippen LogP contribution in [0.15, 0.2) is 103 Å². The minimum Gasteiger partial charge on any atom is -0.351 e. The highest BCUT2D eigenvalue weighted by Gasteiger charge is 2.63. The SMILES string of the molecule is N#CC1(C#N)C(c2ccccc2)C(C(=O)c2ccccc2)N2c3ccc4ccccc4c3C=CC21. The zero-order valence-electron chi connectivity index (χ0n) is 18.9. The lowest BCUT2D eigenvalue weighted by molar-refractivity contribution is 0.0951. The van der Waals surface area contributed by atoms with Crippen LogP contribution in [0.3, 0.4) is 0 Å². The Bertz CT molecular complexity index is 1550. The van der Waals surface area contributed by atoms with Crippen molar-refractivity contribution in [3.05, 3.63) is 120 Å². The molecule has 2 heterocycles. The molecular formula is C31H21N3O. The first-order chi connectivity index (χ1) is 17.2. The molecule has 0 radical (unpaired) electrons. The van der Waals surface area contributed by atoms with E-state index >= 15 is 0 Å². The summed E-state index contributed by atoms with van der Waals surface area (Å²) in [5.74, 6) is -0.718. The van der Waals surface area contributed by atoms with Crippen molar-refractivity contribution >= 4 is 28.3 Å². The van der Waals surface area contributed by atoms with Crippen LogP contribution in [0.25, 0.3) is 16.8 Å². The molecule has 4 nitrogen and oxygen atoms in total. The summed E-state index contributed by atoms with van der Waals surface area (Å²) in [6.45, 7) is 0. The highest BCUT2D eigenvalue weighted by Crippen LogP contribution is 2.56. The molecule has 2 aliphatic rings. The van der Waals surface area contributed by atoms with Gasteiger partial charge in [-0.15, -0.1) is 0 Å². The van der Waals surface area contributed by atoms with Crippen LogP contribution < -0.4 is 4.90 Å². The predicted molar refractivity (Wildman–Crippen MR) is 137 cm³/mol. The monoisotopic (exact) mass is 451 g/mol. The molecule has 0 saturated carbocycles. The van der Waals surface area contributed by atoms with Crippen molar-refractivity contribution < 1.29 is 4.79 Å². The topological polar surface area (TPSA) is 67.9 Å². The van der Waals surface area contributed by atoms with E-state index in [4.69, 9.17) is 0 Å². The maximum Gasteiger partial charge on any atom is 0.185 e. The molecule has 166 valence electrons. The van der Waals surface area contributed by atoms with Crippen molar-refractivity contribution in [1.82, 2.24) is 0 Å². The molecule has 4 heteroatoms. The average molecular weight is 452 g/mol. The third kappa shape index (κ3) is 2.94. The number of nitriles is 2. The molecule has 1 fully saturated rings. The summed E-state index contributed by atoms with van der Waals surface area (Å²) in [5, 5.41) is 23.2. The number of anilines is 1. The van der Waals surface area contributed by atoms with E-state index in [0.717, 1.165) is 27.6 Å². The van der Waals surface area contributed by atoms with Crippen molar-refractivity contribution in [1.29, 1.82) is 10.5 Å². The molecule has 3 unspecified atom stereocenters. The second kappa shape index (κ2) is 7.97. The van der Waals surface area contributed by atoms with Gasteiger partial charge in [-0.2, -0.15) is 10.5 Å². The fraction of sp³-hybridized carbons (Fsp3) is 0.129. The predicted octanol–water partition coefficient (Wildman–Crippen LogP) is 6.12. The van der Waals surface area contributed by atoms with E-state index < -0.39 is 23.4 Å². The molecule has 0 spiro atoms. The Morgan fingerprint density at radius 1 is 0.800 bits per heavy atom. The smallest absolute Gasteiger partial charge is 0.185 e. The Morgan fingerprint density at radius 2 is 1.46 bits per heavy atom. The number of rotatable bonds is 3. The number of benzene rings is 4. The van der Waals surface area contributed by atoms with Crippen LogP contribution in [0, 0.1) is 28.1 Å². The molecule has 4 aromatic carbocycles. The van der Waals surface area contributed by atoms with Gasteiger partial charge in [-0.05, 0) is 22.4 Å². The highest BCUT2D eigenvalue weighted by molar-refractivity contribution is 6.06. The molecule has 35 heavy (non-hydrogen) atoms. The number of fused-ring (bicyclic) bond motifs is 5. The second-order valence-electron chi connectivity index (χ2n) is 9.09. The lowest BCUT2D eigenvalue weighted by Crippen LogP contribution is -2.44. The molecule has 0 aromatic heterocycles. The fourth-order valence-corrected chi connectivity index (χ4v) is 5.85. The molecule has 0 amide bonds. The maximum atomic E-state index is 14.2. The first kappa shape index (κ1) is 20.9. The van der Waals surface area contributed by atoms with Crippen molar-refractivity contribution in [2.75, 3.05) is 4.90 Å². The summed E-state index contributed by atoms with van der Waals surface area (Å²) in [5.41, 5.74) is 1.83. The van der Waals surface area contributed by atoms with Crippen LogP contribution in [0.1, 0.15) is 27.4 Å². The minimum absolute atomic E-state index is 0.0914. The van der Waals surface area contributed by atoms with Gasteiger partial charge in [0.15, 0.2) is 11.2 Å². The quantitative estimate of drug-likeness (QED) is 0.352. The van der Waals surface area contributed by atoms with E-state index in [0.29, 0.717) is 5.56 Å². The number of ketones is 1. The van der Waals surface area contributed by atoms with Crippen molar-refractivity contribution in [2.24, 2.45) is 5.41 Å². The van der Waals surface area contributed by atoms with E-state index in [9.17, 15) is 15.3 Å². The van der Waals surface area contributed by atoms with E-state index in [-0.39, 0.29) is 5.78 Å². The molecule has 1 saturated heterocycles. The summed E-state index contributed by atoms with van der Waals surface area (Å²) >= 11 is 0. The number of hydrogen-bond donors (Lipinski definition) is 0. The van der Waals surface area contributed by atoms with Crippen LogP contribution in [-0.4, -0.2) is 17.9 Å². The summed E-state index contributed by atoms with van der Waals surface area (Å²) in [6, 6.07) is 34.4. The van der Waals surface area contributed by atoms with E-state index in [1.165, 1.54) is 0 Å². The summed E-state index contributed by atoms with van der Waals surface area (Å²) in [6.07, 6.45) is 3.95. The molecule has 4 aromatic rings. The van der Waals surface area contributed by atoms with E-state index in [1.807, 2.05) is 89.8 Å². The van der Waals surface area contributed by atoms with Crippen LogP contribution in [0.2, 0.25) is 0 Å². The third-order valence-electron chi connectivity index (χ3n) is 7.40. The van der Waals surface area contributed by atoms with Crippen LogP contribution in [-0.2, 0) is 0 Å². The molecule has 0 bridgehead atoms. The Morgan fingerprint density at radius 3 is 2.17 bits per heavy atom. The van der Waals surface area contributed by atoms with Gasteiger partial charge in [0.25, 0.3) is 0 Å². The Labute approximate surface area is 204 Å². The summed E-state index contributed by atoms with van der Waals surface area (Å²) < 4.78 is 0. The fourth-order valence-electron chi connectivity index (χ4n) is 5.85. The Hall–Kier alpha value is -4.67. The van der Waals surface area contributed by atoms with E-state index in [1.54, 1.807) is 12.1 Å². The summed E-state index contributed by atoms with van der Waals surface area (Å²) in [7, 11) is 0. The van der Waals surface area contributed by atoms with Gasteiger partial charge in [0, 0.05) is 22.7 Å². The van der Waals surface area contributed by atoms with Crippen molar-refractivity contribution in [3.8, 4) is 12.1 Å². The largest absolute Gasteiger partial charge is 0.351 e. The lowest BCUT2D eigenvalue weighted by atomic mass is 9.69. The third-order valence-corrected chi connectivity index (χ3v) is 7.40. The first-order valence-electron chi connectivity index (χ1n) is 11.6. The normalized spacial score (nSPS) is 21.5. The number of Topliss-reactive ketones (excluding diaryl/α,β-unsaturated/α-hetero) is 1. The summed E-state index contributed by atoms with van der Waals surface area (Å²) in [4.78, 5) is 16.2. The van der Waals surface area contributed by atoms with Gasteiger partial charge in [-0.1, -0.05) is 103 Å². The van der Waals surface area contributed by atoms with Gasteiger partial charge in [0.05, 0.1) is 18.2 Å². The molecule has 6 rings (SSSR count). The lowest BCUT2D eigenvalue weighted by Gasteiger charge is -2.36. The molecule has 0 N–H and O–H groups in total. The molecule has 0 aliphatic carbocycles. The van der Waals surface area contributed by atoms with Gasteiger partial charge >= 0.3 is 0 Å². The molecular weight excluding hydrogens is 430 g/mol. The van der Waals surface area contributed by atoms with Gasteiger partial charge in [0.2, 0.25) is 0 Å². The van der Waals surface area contributed by atoms with Gasteiger partial charge in [0.1, 0.15) is 6.04 Å². The molecule has 3 atom stereocenters. The zero-order chi connectivity index (χ0) is 24.0. The van der Waals surface area contributed by atoms with Crippen LogP contribution >= 0.6 is 0 Å². The standard InChI is InChI=1S/C31H21N3O/c32-19-31(20-33)27-18-16-25-24-14-8-7-9-21(24)15-17-26(25)34(27)29(28(31)22-10-3-1-4-11-22)30(35)23-12-5-2-6-13-23/h1-18,27-29H. The second-order valence-corrected chi connectivity index (χ2v) is 9.09. The van der Waals surface area contributed by atoms with Gasteiger partial charge in [-0.25, -0.2) is 0 Å². The number of nitrogens with zero attached hydrogens (tertiary/aromatic N) is 3. The first-order valence-corrected chi connectivity index (χ1v) is 11.6. The van der Waals surface area contributed by atoms with Crippen LogP contribution in [0.4, 0.5) is 5.69 Å². The van der Waals surface area contributed by atoms with Crippen molar-refractivity contribution in [2.45, 2.75) is 18.0 Å². The molecule has 2 aliphatic heterocycles. The van der Waals surface area contributed by atoms with E-state index in [2.05, 4.69) is 24.3 Å². The van der Waals surface area contributed by atoms with Crippen molar-refractivity contribution in [3.63, 3.8) is 0 Å². The Balaban J connectivity index is 1.65.